The second-order valence-corrected chi connectivity index (χ2v) is 13.3. The third-order valence-corrected chi connectivity index (χ3v) is 9.64. The summed E-state index contributed by atoms with van der Waals surface area (Å²) in [5.74, 6) is -1.88. The molecule has 49 heavy (non-hydrogen) atoms. The predicted octanol–water partition coefficient (Wildman–Crippen LogP) is 2.65. The van der Waals surface area contributed by atoms with Gasteiger partial charge < -0.3 is 43.6 Å². The molecule has 3 atom stereocenters. The molecule has 0 unspecified atom stereocenters. The number of amides is 4. The highest BCUT2D eigenvalue weighted by Crippen LogP contribution is 2.30. The van der Waals surface area contributed by atoms with Gasteiger partial charge in [-0.2, -0.15) is 0 Å². The number of ether oxygens (including phenoxy) is 1. The molecule has 0 fully saturated rings. The number of guanidine groups is 1. The third-order valence-electron chi connectivity index (χ3n) is 7.54. The number of nitrogens with one attached hydrogen (secondary N) is 3. The number of carbonyl (C=O) groups excluding carboxylic acids is 4. The number of nitrogens with two attached hydrogens (primary N) is 4. The maximum Gasteiger partial charge on any atom is 0.262 e. The molecule has 0 spiro atoms. The molecule has 260 valence electrons. The van der Waals surface area contributed by atoms with Crippen molar-refractivity contribution in [2.24, 2.45) is 27.9 Å². The molecule has 0 saturated heterocycles. The molecule has 11 N–H and O–H groups in total. The normalized spacial score (nSPS) is 12.8. The van der Waals surface area contributed by atoms with Crippen LogP contribution in [0.15, 0.2) is 77.1 Å². The van der Waals surface area contributed by atoms with Crippen molar-refractivity contribution in [2.45, 2.75) is 56.8 Å². The first kappa shape index (κ1) is 36.8. The molecule has 4 rings (SSSR count). The minimum absolute atomic E-state index is 0.0845. The standard InChI is InChI=1S/C34H42N8O5S2/c35-16-5-4-9-24(32(45)42-29(30(36)43)22-11-13-23(14-12-22)47-20-21-7-2-1-3-8-21)40-31(44)25(10-6-17-39-34(37)38)41-33(46)28-19-27-26(49-28)15-18-48-27/h1-3,7-8,11-15,18-19,24-25,29H,4-6,9-10,16-17,20,35H2,(H2,36,43)(H,40,44)(H,41,46)(H,42,45)(H4,37,38,39)/t24-,25-,29+/m0/s1. The van der Waals surface area contributed by atoms with Crippen LogP contribution in [0.4, 0.5) is 0 Å². The first-order chi connectivity index (χ1) is 23.6. The van der Waals surface area contributed by atoms with Crippen LogP contribution >= 0.6 is 22.7 Å². The van der Waals surface area contributed by atoms with Crippen LogP contribution < -0.4 is 43.6 Å². The van der Waals surface area contributed by atoms with Crippen LogP contribution in [0.3, 0.4) is 0 Å². The number of unbranched alkanes of at least 4 members (excludes halogenated alkanes) is 1. The predicted molar refractivity (Wildman–Crippen MR) is 193 cm³/mol. The van der Waals surface area contributed by atoms with Crippen molar-refractivity contribution < 1.29 is 23.9 Å². The number of thiophene rings is 2. The van der Waals surface area contributed by atoms with E-state index < -0.39 is 41.8 Å². The number of carbonyl (C=O) groups is 4. The number of fused-ring (bicyclic) bond motifs is 1. The second-order valence-electron chi connectivity index (χ2n) is 11.3. The van der Waals surface area contributed by atoms with Crippen molar-refractivity contribution in [3.63, 3.8) is 0 Å². The minimum Gasteiger partial charge on any atom is -0.489 e. The Morgan fingerprint density at radius 1 is 0.796 bits per heavy atom. The Hall–Kier alpha value is -4.99. The Labute approximate surface area is 292 Å². The van der Waals surface area contributed by atoms with Crippen molar-refractivity contribution in [3.05, 3.63) is 88.1 Å². The monoisotopic (exact) mass is 706 g/mol. The molecule has 4 aromatic rings. The van der Waals surface area contributed by atoms with E-state index in [0.717, 1.165) is 15.0 Å². The van der Waals surface area contributed by atoms with Crippen LogP contribution in [0.5, 0.6) is 5.75 Å². The Morgan fingerprint density at radius 3 is 2.16 bits per heavy atom. The van der Waals surface area contributed by atoms with E-state index >= 15 is 0 Å². The van der Waals surface area contributed by atoms with Crippen LogP contribution in [0, 0.1) is 0 Å². The van der Waals surface area contributed by atoms with Crippen LogP contribution in [-0.4, -0.2) is 54.8 Å². The Kier molecular flexibility index (Phi) is 13.9. The van der Waals surface area contributed by atoms with Crippen molar-refractivity contribution >= 4 is 61.7 Å². The molecule has 2 aromatic heterocycles. The van der Waals surface area contributed by atoms with E-state index in [1.54, 1.807) is 30.3 Å². The fourth-order valence-corrected chi connectivity index (χ4v) is 6.98. The van der Waals surface area contributed by atoms with Gasteiger partial charge >= 0.3 is 0 Å². The summed E-state index contributed by atoms with van der Waals surface area (Å²) in [5.41, 5.74) is 23.7. The van der Waals surface area contributed by atoms with Gasteiger partial charge in [0.1, 0.15) is 30.5 Å². The molecule has 15 heteroatoms. The first-order valence-electron chi connectivity index (χ1n) is 15.8. The van der Waals surface area contributed by atoms with Crippen molar-refractivity contribution in [2.75, 3.05) is 13.1 Å². The average molecular weight is 707 g/mol. The fourth-order valence-electron chi connectivity index (χ4n) is 4.97. The second kappa shape index (κ2) is 18.5. The Morgan fingerprint density at radius 2 is 1.49 bits per heavy atom. The van der Waals surface area contributed by atoms with E-state index in [9.17, 15) is 19.2 Å². The van der Waals surface area contributed by atoms with Gasteiger partial charge in [-0.25, -0.2) is 0 Å². The number of hydrogen-bond donors (Lipinski definition) is 7. The first-order valence-corrected chi connectivity index (χ1v) is 17.5. The van der Waals surface area contributed by atoms with Crippen LogP contribution in [0.1, 0.15) is 58.9 Å². The average Bonchev–Trinajstić information content (AvgIpc) is 3.71. The molecular formula is C34H42N8O5S2. The highest BCUT2D eigenvalue weighted by atomic mass is 32.1. The summed E-state index contributed by atoms with van der Waals surface area (Å²) in [6.07, 6.45) is 1.96. The molecule has 0 bridgehead atoms. The fraction of sp³-hybridized carbons (Fsp3) is 0.324. The maximum atomic E-state index is 13.7. The molecule has 0 radical (unpaired) electrons. The number of nitrogens with zero attached hydrogens (tertiary/aromatic N) is 1. The largest absolute Gasteiger partial charge is 0.489 e. The van der Waals surface area contributed by atoms with Crippen molar-refractivity contribution in [3.8, 4) is 5.75 Å². The van der Waals surface area contributed by atoms with E-state index in [1.807, 2.05) is 41.8 Å². The smallest absolute Gasteiger partial charge is 0.262 e. The lowest BCUT2D eigenvalue weighted by atomic mass is 10.0. The lowest BCUT2D eigenvalue weighted by molar-refractivity contribution is -0.132. The topological polar surface area (TPSA) is 230 Å². The summed E-state index contributed by atoms with van der Waals surface area (Å²) >= 11 is 2.84. The van der Waals surface area contributed by atoms with Crippen LogP contribution in [0.25, 0.3) is 9.40 Å². The van der Waals surface area contributed by atoms with E-state index in [0.29, 0.717) is 48.6 Å². The zero-order chi connectivity index (χ0) is 35.2. The van der Waals surface area contributed by atoms with Gasteiger partial charge in [-0.15, -0.1) is 22.7 Å². The zero-order valence-corrected chi connectivity index (χ0v) is 28.6. The molecular weight excluding hydrogens is 665 g/mol. The highest BCUT2D eigenvalue weighted by Gasteiger charge is 2.30. The molecule has 2 heterocycles. The molecule has 0 aliphatic carbocycles. The third kappa shape index (κ3) is 11.3. The van der Waals surface area contributed by atoms with E-state index in [1.165, 1.54) is 22.7 Å². The molecule has 2 aromatic carbocycles. The van der Waals surface area contributed by atoms with Gasteiger partial charge in [0.05, 0.1) is 4.88 Å². The summed E-state index contributed by atoms with van der Waals surface area (Å²) in [6.45, 7) is 1.00. The van der Waals surface area contributed by atoms with Gasteiger partial charge in [-0.05, 0) is 79.4 Å². The lowest BCUT2D eigenvalue weighted by Gasteiger charge is -2.25. The van der Waals surface area contributed by atoms with E-state index in [-0.39, 0.29) is 25.3 Å². The van der Waals surface area contributed by atoms with Gasteiger partial charge in [0.25, 0.3) is 5.91 Å². The summed E-state index contributed by atoms with van der Waals surface area (Å²) in [7, 11) is 0. The highest BCUT2D eigenvalue weighted by molar-refractivity contribution is 7.27. The quantitative estimate of drug-likeness (QED) is 0.0434. The maximum absolute atomic E-state index is 13.7. The lowest BCUT2D eigenvalue weighted by Crippen LogP contribution is -2.54. The number of hydrogen-bond acceptors (Lipinski definition) is 9. The van der Waals surface area contributed by atoms with Crippen LogP contribution in [0.2, 0.25) is 0 Å². The van der Waals surface area contributed by atoms with Crippen molar-refractivity contribution in [1.29, 1.82) is 0 Å². The van der Waals surface area contributed by atoms with E-state index in [2.05, 4.69) is 20.9 Å². The number of primary amides is 1. The zero-order valence-electron chi connectivity index (χ0n) is 26.9. The minimum atomic E-state index is -1.17. The Bertz CT molecular complexity index is 1690. The van der Waals surface area contributed by atoms with Crippen LogP contribution in [-0.2, 0) is 21.0 Å². The Balaban J connectivity index is 1.45. The summed E-state index contributed by atoms with van der Waals surface area (Å²) in [6, 6.07) is 16.8. The van der Waals surface area contributed by atoms with Gasteiger partial charge in [-0.1, -0.05) is 42.5 Å². The molecule has 0 saturated carbocycles. The summed E-state index contributed by atoms with van der Waals surface area (Å²) in [5, 5.41) is 10.2. The summed E-state index contributed by atoms with van der Waals surface area (Å²) in [4.78, 5) is 57.5. The summed E-state index contributed by atoms with van der Waals surface area (Å²) < 4.78 is 7.77. The SMILES string of the molecule is NCCCC[C@H](NC(=O)[C@H](CCCN=C(N)N)NC(=O)c1cc2sccc2s1)C(=O)N[C@@H](C(N)=O)c1ccc(OCc2ccccc2)cc1. The number of benzene rings is 2. The van der Waals surface area contributed by atoms with Gasteiger partial charge in [0, 0.05) is 15.9 Å². The van der Waals surface area contributed by atoms with Gasteiger partial charge in [-0.3, -0.25) is 24.2 Å². The molecule has 0 aliphatic rings. The van der Waals surface area contributed by atoms with Gasteiger partial charge in [0.2, 0.25) is 17.7 Å². The van der Waals surface area contributed by atoms with Crippen molar-refractivity contribution in [1.82, 2.24) is 16.0 Å². The molecule has 0 aliphatic heterocycles. The molecule has 13 nitrogen and oxygen atoms in total. The number of aliphatic imine (C=N–C) groups is 1. The molecule has 4 amide bonds. The van der Waals surface area contributed by atoms with E-state index in [4.69, 9.17) is 27.7 Å². The number of rotatable bonds is 19. The van der Waals surface area contributed by atoms with Gasteiger partial charge in [0.15, 0.2) is 5.96 Å².